The van der Waals surface area contributed by atoms with Crippen LogP contribution < -0.4 is 4.72 Å². The van der Waals surface area contributed by atoms with Crippen LogP contribution in [0.1, 0.15) is 18.4 Å². The predicted molar refractivity (Wildman–Crippen MR) is 117 cm³/mol. The van der Waals surface area contributed by atoms with Crippen molar-refractivity contribution >= 4 is 42.7 Å². The van der Waals surface area contributed by atoms with Gasteiger partial charge in [0.05, 0.1) is 16.0 Å². The fraction of sp³-hybridized carbons (Fsp3) is 0.300. The van der Waals surface area contributed by atoms with E-state index in [1.54, 1.807) is 17.8 Å². The summed E-state index contributed by atoms with van der Waals surface area (Å²) >= 11 is 1.67. The molecule has 0 radical (unpaired) electrons. The number of nitrogens with zero attached hydrogens (tertiary/aromatic N) is 1. The Morgan fingerprint density at radius 3 is 2.22 bits per heavy atom. The molecule has 1 aliphatic heterocycles. The molecule has 32 heavy (non-hydrogen) atoms. The number of benzene rings is 2. The van der Waals surface area contributed by atoms with Gasteiger partial charge in [-0.05, 0) is 48.6 Å². The highest BCUT2D eigenvalue weighted by Gasteiger charge is 2.38. The van der Waals surface area contributed by atoms with E-state index in [2.05, 4.69) is 4.72 Å². The van der Waals surface area contributed by atoms with Crippen molar-refractivity contribution in [1.82, 2.24) is 8.69 Å². The summed E-state index contributed by atoms with van der Waals surface area (Å²) in [6, 6.07) is 9.67. The van der Waals surface area contributed by atoms with Crippen molar-refractivity contribution in [3.8, 4) is 0 Å². The maximum atomic E-state index is 13.8. The molecule has 0 aliphatic carbocycles. The van der Waals surface area contributed by atoms with Gasteiger partial charge in [0.2, 0.25) is 10.0 Å². The average molecular weight is 505 g/mol. The van der Waals surface area contributed by atoms with Crippen molar-refractivity contribution in [3.63, 3.8) is 0 Å². The van der Waals surface area contributed by atoms with Gasteiger partial charge in [0, 0.05) is 17.6 Å². The molecule has 0 unspecified atom stereocenters. The molecular weight excluding hydrogens is 485 g/mol. The van der Waals surface area contributed by atoms with Gasteiger partial charge in [-0.2, -0.15) is 24.9 Å². The van der Waals surface area contributed by atoms with Crippen molar-refractivity contribution in [2.75, 3.05) is 11.5 Å². The molecule has 4 rings (SSSR count). The zero-order valence-corrected chi connectivity index (χ0v) is 19.0. The molecule has 172 valence electrons. The molecule has 0 amide bonds. The lowest BCUT2D eigenvalue weighted by molar-refractivity contribution is -0.136. The fourth-order valence-electron chi connectivity index (χ4n) is 3.67. The van der Waals surface area contributed by atoms with Crippen LogP contribution in [0.3, 0.4) is 0 Å². The summed E-state index contributed by atoms with van der Waals surface area (Å²) in [5.41, 5.74) is -1.57. The summed E-state index contributed by atoms with van der Waals surface area (Å²) in [5, 5.41) is -0.669. The lowest BCUT2D eigenvalue weighted by atomic mass is 10.1. The zero-order valence-electron chi connectivity index (χ0n) is 16.5. The van der Waals surface area contributed by atoms with Crippen molar-refractivity contribution in [3.05, 3.63) is 60.3 Å². The van der Waals surface area contributed by atoms with E-state index >= 15 is 0 Å². The number of halogens is 3. The smallest absolute Gasteiger partial charge is 0.240 e. The molecule has 0 saturated carbocycles. The summed E-state index contributed by atoms with van der Waals surface area (Å²) in [6.07, 6.45) is -3.04. The summed E-state index contributed by atoms with van der Waals surface area (Å²) in [7, 11) is -8.78. The Balaban J connectivity index is 1.97. The first kappa shape index (κ1) is 23.1. The second-order valence-corrected chi connectivity index (χ2v) is 12.0. The van der Waals surface area contributed by atoms with Crippen molar-refractivity contribution in [2.24, 2.45) is 0 Å². The summed E-state index contributed by atoms with van der Waals surface area (Å²) < 4.78 is 97.2. The number of hydrogen-bond acceptors (Lipinski definition) is 5. The Morgan fingerprint density at radius 2 is 1.59 bits per heavy atom. The maximum Gasteiger partial charge on any atom is 0.417 e. The Kier molecular flexibility index (Phi) is 6.07. The molecule has 6 nitrogen and oxygen atoms in total. The van der Waals surface area contributed by atoms with Crippen LogP contribution in [0.4, 0.5) is 13.2 Å². The highest BCUT2D eigenvalue weighted by molar-refractivity contribution is 7.99. The van der Waals surface area contributed by atoms with Gasteiger partial charge in [-0.1, -0.05) is 24.3 Å². The lowest BCUT2D eigenvalue weighted by Gasteiger charge is -2.22. The van der Waals surface area contributed by atoms with Crippen LogP contribution in [-0.2, 0) is 26.2 Å². The first-order valence-electron chi connectivity index (χ1n) is 9.64. The summed E-state index contributed by atoms with van der Waals surface area (Å²) in [5.74, 6) is 1.45. The van der Waals surface area contributed by atoms with Gasteiger partial charge in [0.15, 0.2) is 0 Å². The Morgan fingerprint density at radius 1 is 0.938 bits per heavy atom. The van der Waals surface area contributed by atoms with E-state index in [0.717, 1.165) is 29.8 Å². The van der Waals surface area contributed by atoms with Crippen LogP contribution in [0.5, 0.6) is 0 Å². The SMILES string of the molecule is O=S(=O)(NC1CCSCC1)c1cn(S(=O)(=O)c2ccccc2)c2cccc(C(F)(F)F)c12. The van der Waals surface area contributed by atoms with Gasteiger partial charge in [-0.25, -0.2) is 25.5 Å². The third-order valence-corrected chi connectivity index (χ3v) is 9.47. The number of fused-ring (bicyclic) bond motifs is 1. The second-order valence-electron chi connectivity index (χ2n) is 7.31. The highest BCUT2D eigenvalue weighted by atomic mass is 32.2. The average Bonchev–Trinajstić information content (AvgIpc) is 3.15. The number of hydrogen-bond donors (Lipinski definition) is 1. The van der Waals surface area contributed by atoms with E-state index in [1.807, 2.05) is 0 Å². The van der Waals surface area contributed by atoms with Crippen LogP contribution in [0.15, 0.2) is 64.5 Å². The minimum absolute atomic E-state index is 0.171. The molecule has 1 N–H and O–H groups in total. The first-order valence-corrected chi connectivity index (χ1v) is 13.7. The van der Waals surface area contributed by atoms with Gasteiger partial charge in [-0.3, -0.25) is 0 Å². The number of alkyl halides is 3. The van der Waals surface area contributed by atoms with Crippen LogP contribution in [0.2, 0.25) is 0 Å². The third kappa shape index (κ3) is 4.28. The lowest BCUT2D eigenvalue weighted by Crippen LogP contribution is -2.37. The van der Waals surface area contributed by atoms with Crippen molar-refractivity contribution in [1.29, 1.82) is 0 Å². The highest BCUT2D eigenvalue weighted by Crippen LogP contribution is 2.40. The molecule has 1 fully saturated rings. The number of thioether (sulfide) groups is 1. The van der Waals surface area contributed by atoms with Crippen LogP contribution in [-0.4, -0.2) is 38.4 Å². The molecule has 1 aliphatic rings. The zero-order chi connectivity index (χ0) is 23.1. The Bertz CT molecular complexity index is 1350. The number of aromatic nitrogens is 1. The van der Waals surface area contributed by atoms with Gasteiger partial charge >= 0.3 is 6.18 Å². The van der Waals surface area contributed by atoms with Crippen molar-refractivity contribution < 1.29 is 30.0 Å². The minimum Gasteiger partial charge on any atom is -0.240 e. The quantitative estimate of drug-likeness (QED) is 0.566. The molecule has 0 bridgehead atoms. The van der Waals surface area contributed by atoms with E-state index in [1.165, 1.54) is 30.3 Å². The van der Waals surface area contributed by atoms with Crippen LogP contribution in [0, 0.1) is 0 Å². The third-order valence-electron chi connectivity index (χ3n) is 5.20. The minimum atomic E-state index is -4.88. The molecule has 1 saturated heterocycles. The number of sulfonamides is 1. The van der Waals surface area contributed by atoms with Crippen LogP contribution >= 0.6 is 11.8 Å². The van der Waals surface area contributed by atoms with Crippen molar-refractivity contribution in [2.45, 2.75) is 34.9 Å². The van der Waals surface area contributed by atoms with Gasteiger partial charge in [0.25, 0.3) is 10.0 Å². The van der Waals surface area contributed by atoms with E-state index in [0.29, 0.717) is 16.8 Å². The Hall–Kier alpha value is -2.02. The van der Waals surface area contributed by atoms with E-state index < -0.39 is 48.1 Å². The molecule has 0 atom stereocenters. The van der Waals surface area contributed by atoms with Crippen LogP contribution in [0.25, 0.3) is 10.9 Å². The summed E-state index contributed by atoms with van der Waals surface area (Å²) in [6.45, 7) is 0. The predicted octanol–water partition coefficient (Wildman–Crippen LogP) is 4.07. The summed E-state index contributed by atoms with van der Waals surface area (Å²) in [4.78, 5) is -0.881. The second kappa shape index (κ2) is 8.40. The topological polar surface area (TPSA) is 85.2 Å². The van der Waals surface area contributed by atoms with E-state index in [9.17, 15) is 30.0 Å². The monoisotopic (exact) mass is 504 g/mol. The van der Waals surface area contributed by atoms with Gasteiger partial charge in [-0.15, -0.1) is 0 Å². The number of rotatable bonds is 5. The van der Waals surface area contributed by atoms with Gasteiger partial charge < -0.3 is 0 Å². The molecular formula is C20H19F3N2O4S3. The van der Waals surface area contributed by atoms with E-state index in [-0.39, 0.29) is 10.4 Å². The fourth-order valence-corrected chi connectivity index (χ4v) is 7.75. The molecule has 3 aromatic rings. The largest absolute Gasteiger partial charge is 0.417 e. The molecule has 2 heterocycles. The normalized spacial score (nSPS) is 16.5. The maximum absolute atomic E-state index is 13.8. The molecule has 12 heteroatoms. The first-order chi connectivity index (χ1) is 15.0. The Labute approximate surface area is 187 Å². The van der Waals surface area contributed by atoms with E-state index in [4.69, 9.17) is 0 Å². The van der Waals surface area contributed by atoms with Gasteiger partial charge in [0.1, 0.15) is 4.90 Å². The number of nitrogens with one attached hydrogen (secondary N) is 1. The molecule has 2 aromatic carbocycles. The molecule has 0 spiro atoms. The molecule has 1 aromatic heterocycles. The standard InChI is InChI=1S/C20H19F3N2O4S3/c21-20(22,23)16-7-4-8-17-19(16)18(31(26,27)24-14-9-11-30-12-10-14)13-25(17)32(28,29)15-5-2-1-3-6-15/h1-8,13-14,24H,9-12H2.